The van der Waals surface area contributed by atoms with Gasteiger partial charge < -0.3 is 15.5 Å². The second-order valence-electron chi connectivity index (χ2n) is 6.19. The average molecular weight is 293 g/mol. The van der Waals surface area contributed by atoms with Gasteiger partial charge in [-0.25, -0.2) is 0 Å². The summed E-state index contributed by atoms with van der Waals surface area (Å²) in [5, 5.41) is 23.1. The van der Waals surface area contributed by atoms with Crippen LogP contribution in [0.2, 0.25) is 0 Å². The number of benzene rings is 1. The first-order valence-electron chi connectivity index (χ1n) is 8.14. The van der Waals surface area contributed by atoms with E-state index in [2.05, 4.69) is 24.4 Å². The van der Waals surface area contributed by atoms with Gasteiger partial charge in [0, 0.05) is 19.2 Å². The van der Waals surface area contributed by atoms with Gasteiger partial charge in [0.1, 0.15) is 0 Å². The van der Waals surface area contributed by atoms with Gasteiger partial charge in [-0.3, -0.25) is 0 Å². The molecule has 0 amide bonds. The highest BCUT2D eigenvalue weighted by Crippen LogP contribution is 2.21. The molecular formula is C18H31NO2. The first-order chi connectivity index (χ1) is 10.0. The number of nitrogens with one attached hydrogen (secondary N) is 1. The van der Waals surface area contributed by atoms with Gasteiger partial charge in [-0.05, 0) is 44.1 Å². The quantitative estimate of drug-likeness (QED) is 0.621. The smallest absolute Gasteiger partial charge is 0.0632 e. The fraction of sp³-hybridized carbons (Fsp3) is 0.667. The molecule has 1 aromatic rings. The summed E-state index contributed by atoms with van der Waals surface area (Å²) in [5.41, 5.74) is 0.656. The molecule has 0 saturated heterocycles. The van der Waals surface area contributed by atoms with Crippen LogP contribution in [0.15, 0.2) is 30.3 Å². The van der Waals surface area contributed by atoms with Crippen molar-refractivity contribution in [3.63, 3.8) is 0 Å². The molecule has 3 N–H and O–H groups in total. The van der Waals surface area contributed by atoms with E-state index in [9.17, 15) is 10.2 Å². The molecule has 0 aromatic heterocycles. The van der Waals surface area contributed by atoms with Crippen molar-refractivity contribution in [3.8, 4) is 0 Å². The Kier molecular flexibility index (Phi) is 7.94. The standard InChI is InChI=1S/C18H31NO2/c1-4-17(13-18(3,21)5-2)19-14-16(11-12-20)15-9-7-6-8-10-15/h6-10,16-17,19-21H,4-5,11-14H2,1-3H3. The number of hydrogen-bond donors (Lipinski definition) is 3. The van der Waals surface area contributed by atoms with E-state index in [0.717, 1.165) is 32.2 Å². The Hall–Kier alpha value is -0.900. The molecule has 3 heteroatoms. The number of rotatable bonds is 10. The number of aliphatic hydroxyl groups excluding tert-OH is 1. The third kappa shape index (κ3) is 6.60. The zero-order valence-corrected chi connectivity index (χ0v) is 13.7. The van der Waals surface area contributed by atoms with Crippen LogP contribution in [0.1, 0.15) is 57.9 Å². The molecule has 0 aliphatic carbocycles. The molecule has 0 heterocycles. The van der Waals surface area contributed by atoms with Gasteiger partial charge in [-0.2, -0.15) is 0 Å². The van der Waals surface area contributed by atoms with Gasteiger partial charge in [-0.1, -0.05) is 44.2 Å². The maximum absolute atomic E-state index is 10.2. The predicted octanol–water partition coefficient (Wildman–Crippen LogP) is 3.07. The van der Waals surface area contributed by atoms with Crippen molar-refractivity contribution in [2.45, 2.75) is 64.0 Å². The SMILES string of the molecule is CCC(CC(C)(O)CC)NCC(CCO)c1ccccc1. The van der Waals surface area contributed by atoms with Crippen LogP contribution in [-0.4, -0.2) is 35.0 Å². The lowest BCUT2D eigenvalue weighted by atomic mass is 9.91. The molecule has 3 atom stereocenters. The number of aliphatic hydroxyl groups is 2. The molecule has 3 unspecified atom stereocenters. The Labute approximate surface area is 129 Å². The number of hydrogen-bond acceptors (Lipinski definition) is 3. The summed E-state index contributed by atoms with van der Waals surface area (Å²) in [4.78, 5) is 0. The van der Waals surface area contributed by atoms with Crippen LogP contribution in [-0.2, 0) is 0 Å². The van der Waals surface area contributed by atoms with E-state index in [0.29, 0.717) is 12.0 Å². The summed E-state index contributed by atoms with van der Waals surface area (Å²) in [6.45, 7) is 7.10. The summed E-state index contributed by atoms with van der Waals surface area (Å²) >= 11 is 0. The highest BCUT2D eigenvalue weighted by Gasteiger charge is 2.23. The minimum Gasteiger partial charge on any atom is -0.396 e. The Bertz CT molecular complexity index is 378. The predicted molar refractivity (Wildman–Crippen MR) is 88.5 cm³/mol. The van der Waals surface area contributed by atoms with E-state index in [-0.39, 0.29) is 6.61 Å². The molecule has 0 aliphatic rings. The van der Waals surface area contributed by atoms with Crippen molar-refractivity contribution in [2.75, 3.05) is 13.2 Å². The molecule has 0 radical (unpaired) electrons. The summed E-state index contributed by atoms with van der Waals surface area (Å²) < 4.78 is 0. The second kappa shape index (κ2) is 9.19. The van der Waals surface area contributed by atoms with Crippen LogP contribution in [0.3, 0.4) is 0 Å². The third-order valence-corrected chi connectivity index (χ3v) is 4.34. The van der Waals surface area contributed by atoms with Crippen molar-refractivity contribution in [3.05, 3.63) is 35.9 Å². The molecule has 1 aromatic carbocycles. The summed E-state index contributed by atoms with van der Waals surface area (Å²) in [6.07, 6.45) is 3.29. The van der Waals surface area contributed by atoms with Crippen molar-refractivity contribution in [1.82, 2.24) is 5.32 Å². The molecule has 0 fully saturated rings. The molecule has 0 saturated carbocycles. The molecule has 3 nitrogen and oxygen atoms in total. The van der Waals surface area contributed by atoms with Gasteiger partial charge in [0.15, 0.2) is 0 Å². The Morgan fingerprint density at radius 2 is 1.86 bits per heavy atom. The summed E-state index contributed by atoms with van der Waals surface area (Å²) in [5.74, 6) is 0.317. The van der Waals surface area contributed by atoms with Crippen LogP contribution >= 0.6 is 0 Å². The maximum Gasteiger partial charge on any atom is 0.0632 e. The maximum atomic E-state index is 10.2. The van der Waals surface area contributed by atoms with Crippen LogP contribution in [0, 0.1) is 0 Å². The first kappa shape index (κ1) is 18.1. The molecule has 0 aliphatic heterocycles. The first-order valence-corrected chi connectivity index (χ1v) is 8.14. The minimum atomic E-state index is -0.604. The minimum absolute atomic E-state index is 0.199. The van der Waals surface area contributed by atoms with Crippen LogP contribution in [0.5, 0.6) is 0 Å². The van der Waals surface area contributed by atoms with E-state index in [1.807, 2.05) is 32.0 Å². The molecule has 0 spiro atoms. The van der Waals surface area contributed by atoms with Crippen LogP contribution < -0.4 is 5.32 Å². The molecule has 0 bridgehead atoms. The zero-order chi connectivity index (χ0) is 15.7. The van der Waals surface area contributed by atoms with Crippen molar-refractivity contribution >= 4 is 0 Å². The normalized spacial score (nSPS) is 17.2. The Morgan fingerprint density at radius 3 is 2.38 bits per heavy atom. The zero-order valence-electron chi connectivity index (χ0n) is 13.7. The fourth-order valence-electron chi connectivity index (χ4n) is 2.61. The Balaban J connectivity index is 2.59. The second-order valence-corrected chi connectivity index (χ2v) is 6.19. The summed E-state index contributed by atoms with van der Waals surface area (Å²) in [7, 11) is 0. The van der Waals surface area contributed by atoms with Gasteiger partial charge >= 0.3 is 0 Å². The third-order valence-electron chi connectivity index (χ3n) is 4.34. The highest BCUT2D eigenvalue weighted by molar-refractivity contribution is 5.19. The highest BCUT2D eigenvalue weighted by atomic mass is 16.3. The van der Waals surface area contributed by atoms with Crippen molar-refractivity contribution < 1.29 is 10.2 Å². The Morgan fingerprint density at radius 1 is 1.19 bits per heavy atom. The van der Waals surface area contributed by atoms with E-state index in [1.54, 1.807) is 0 Å². The van der Waals surface area contributed by atoms with Crippen LogP contribution in [0.25, 0.3) is 0 Å². The lowest BCUT2D eigenvalue weighted by Gasteiger charge is -2.29. The topological polar surface area (TPSA) is 52.5 Å². The largest absolute Gasteiger partial charge is 0.396 e. The van der Waals surface area contributed by atoms with E-state index in [4.69, 9.17) is 0 Å². The molecule has 21 heavy (non-hydrogen) atoms. The molecule has 120 valence electrons. The lowest BCUT2D eigenvalue weighted by Crippen LogP contribution is -2.39. The summed E-state index contributed by atoms with van der Waals surface area (Å²) in [6, 6.07) is 10.6. The monoisotopic (exact) mass is 293 g/mol. The van der Waals surface area contributed by atoms with Gasteiger partial charge in [0.2, 0.25) is 0 Å². The molecular weight excluding hydrogens is 262 g/mol. The van der Waals surface area contributed by atoms with E-state index < -0.39 is 5.60 Å². The van der Waals surface area contributed by atoms with Crippen LogP contribution in [0.4, 0.5) is 0 Å². The van der Waals surface area contributed by atoms with Crippen molar-refractivity contribution in [1.29, 1.82) is 0 Å². The van der Waals surface area contributed by atoms with Gasteiger partial charge in [0.25, 0.3) is 0 Å². The van der Waals surface area contributed by atoms with E-state index >= 15 is 0 Å². The van der Waals surface area contributed by atoms with Gasteiger partial charge in [-0.15, -0.1) is 0 Å². The lowest BCUT2D eigenvalue weighted by molar-refractivity contribution is 0.0354. The van der Waals surface area contributed by atoms with E-state index in [1.165, 1.54) is 5.56 Å². The van der Waals surface area contributed by atoms with Crippen molar-refractivity contribution in [2.24, 2.45) is 0 Å². The van der Waals surface area contributed by atoms with Gasteiger partial charge in [0.05, 0.1) is 5.60 Å². The molecule has 1 rings (SSSR count). The fourth-order valence-corrected chi connectivity index (χ4v) is 2.61. The average Bonchev–Trinajstić information content (AvgIpc) is 2.50.